The topological polar surface area (TPSA) is 19.4 Å². The Hall–Kier alpha value is -1.61. The van der Waals surface area contributed by atoms with E-state index in [1.54, 1.807) is 0 Å². The van der Waals surface area contributed by atoms with E-state index in [2.05, 4.69) is 53.2 Å². The van der Waals surface area contributed by atoms with E-state index in [1.807, 2.05) is 0 Å². The summed E-state index contributed by atoms with van der Waals surface area (Å²) in [4.78, 5) is 9.77. The summed E-state index contributed by atoms with van der Waals surface area (Å²) in [7, 11) is 2.23. The lowest BCUT2D eigenvalue weighted by Crippen LogP contribution is -2.44. The van der Waals surface area contributed by atoms with E-state index in [1.165, 1.54) is 18.4 Å². The van der Waals surface area contributed by atoms with Crippen LogP contribution in [0, 0.1) is 0 Å². The highest BCUT2D eigenvalue weighted by molar-refractivity contribution is 5.80. The first-order valence-electron chi connectivity index (χ1n) is 6.64. The minimum atomic E-state index is 0.661. The number of pyridine rings is 1. The van der Waals surface area contributed by atoms with Gasteiger partial charge < -0.3 is 4.90 Å². The maximum Gasteiger partial charge on any atom is 0.129 e. The van der Waals surface area contributed by atoms with E-state index in [0.29, 0.717) is 6.04 Å². The van der Waals surface area contributed by atoms with Crippen molar-refractivity contribution in [3.8, 4) is 0 Å². The van der Waals surface area contributed by atoms with Crippen LogP contribution in [0.3, 0.4) is 0 Å². The average Bonchev–Trinajstić information content (AvgIpc) is 2.97. The van der Waals surface area contributed by atoms with Gasteiger partial charge in [0.15, 0.2) is 0 Å². The van der Waals surface area contributed by atoms with E-state index in [0.717, 1.165) is 23.9 Å². The summed E-state index contributed by atoms with van der Waals surface area (Å²) in [6.07, 6.45) is 1.30. The molecule has 3 heteroatoms. The number of aromatic nitrogens is 1. The molecule has 2 aliphatic rings. The predicted molar refractivity (Wildman–Crippen MR) is 73.9 cm³/mol. The molecule has 0 radical (unpaired) electrons. The highest BCUT2D eigenvalue weighted by atomic mass is 15.4. The standard InChI is InChI=1S/C15H17N3/c1-17-9-13-8-12(17)10-18(13)15-7-6-11-4-2-3-5-14(11)16-15/h2-7,12-13H,8-10H2,1H3. The van der Waals surface area contributed by atoms with Crippen LogP contribution >= 0.6 is 0 Å². The molecular weight excluding hydrogens is 222 g/mol. The van der Waals surface area contributed by atoms with Crippen LogP contribution in [0.15, 0.2) is 36.4 Å². The number of likely N-dealkylation sites (tertiary alicyclic amines) is 1. The average molecular weight is 239 g/mol. The Morgan fingerprint density at radius 1 is 1.06 bits per heavy atom. The molecule has 2 atom stereocenters. The van der Waals surface area contributed by atoms with Crippen molar-refractivity contribution in [2.45, 2.75) is 18.5 Å². The Bertz CT molecular complexity index is 593. The number of fused-ring (bicyclic) bond motifs is 3. The Morgan fingerprint density at radius 2 is 1.94 bits per heavy atom. The molecule has 3 nitrogen and oxygen atoms in total. The quantitative estimate of drug-likeness (QED) is 0.760. The SMILES string of the molecule is CN1CC2CC1CN2c1ccc2ccccc2n1. The summed E-state index contributed by atoms with van der Waals surface area (Å²) in [5, 5.41) is 1.22. The van der Waals surface area contributed by atoms with Crippen molar-refractivity contribution in [2.75, 3.05) is 25.0 Å². The van der Waals surface area contributed by atoms with Crippen molar-refractivity contribution in [3.63, 3.8) is 0 Å². The number of anilines is 1. The molecule has 0 amide bonds. The molecule has 2 saturated heterocycles. The molecule has 0 N–H and O–H groups in total. The van der Waals surface area contributed by atoms with E-state index in [9.17, 15) is 0 Å². The second-order valence-electron chi connectivity index (χ2n) is 5.50. The highest BCUT2D eigenvalue weighted by Gasteiger charge is 2.41. The molecule has 1 aromatic heterocycles. The Morgan fingerprint density at radius 3 is 2.72 bits per heavy atom. The van der Waals surface area contributed by atoms with Crippen LogP contribution in [0.25, 0.3) is 10.9 Å². The molecule has 92 valence electrons. The molecule has 2 aromatic rings. The highest BCUT2D eigenvalue weighted by Crippen LogP contribution is 2.33. The van der Waals surface area contributed by atoms with Gasteiger partial charge in [0.1, 0.15) is 5.82 Å². The minimum Gasteiger partial charge on any atom is -0.351 e. The van der Waals surface area contributed by atoms with E-state index >= 15 is 0 Å². The first-order chi connectivity index (χ1) is 8.81. The van der Waals surface area contributed by atoms with E-state index < -0.39 is 0 Å². The molecule has 2 unspecified atom stereocenters. The number of piperazine rings is 1. The number of nitrogens with zero attached hydrogens (tertiary/aromatic N) is 3. The fourth-order valence-corrected chi connectivity index (χ4v) is 3.36. The van der Waals surface area contributed by atoms with Gasteiger partial charge in [0, 0.05) is 30.6 Å². The third-order valence-corrected chi connectivity index (χ3v) is 4.39. The van der Waals surface area contributed by atoms with Gasteiger partial charge in [-0.2, -0.15) is 0 Å². The van der Waals surface area contributed by atoms with Crippen molar-refractivity contribution < 1.29 is 0 Å². The number of rotatable bonds is 1. The van der Waals surface area contributed by atoms with Gasteiger partial charge in [0.2, 0.25) is 0 Å². The van der Waals surface area contributed by atoms with Crippen molar-refractivity contribution in [1.29, 1.82) is 0 Å². The van der Waals surface area contributed by atoms with E-state index in [-0.39, 0.29) is 0 Å². The van der Waals surface area contributed by atoms with Gasteiger partial charge in [0.25, 0.3) is 0 Å². The number of likely N-dealkylation sites (N-methyl/N-ethyl adjacent to an activating group) is 1. The number of hydrogen-bond donors (Lipinski definition) is 0. The zero-order valence-corrected chi connectivity index (χ0v) is 10.6. The third kappa shape index (κ3) is 1.44. The zero-order valence-electron chi connectivity index (χ0n) is 10.6. The molecule has 0 saturated carbocycles. The first kappa shape index (κ1) is 10.3. The fourth-order valence-electron chi connectivity index (χ4n) is 3.36. The van der Waals surface area contributed by atoms with Crippen LogP contribution in [-0.4, -0.2) is 42.1 Å². The molecule has 3 heterocycles. The number of para-hydroxylation sites is 1. The lowest BCUT2D eigenvalue weighted by Gasteiger charge is -2.32. The summed E-state index contributed by atoms with van der Waals surface area (Å²) in [6.45, 7) is 2.31. The van der Waals surface area contributed by atoms with Gasteiger partial charge >= 0.3 is 0 Å². The minimum absolute atomic E-state index is 0.661. The van der Waals surface area contributed by atoms with Crippen molar-refractivity contribution in [3.05, 3.63) is 36.4 Å². The van der Waals surface area contributed by atoms with Gasteiger partial charge in [-0.05, 0) is 31.7 Å². The van der Waals surface area contributed by atoms with Crippen LogP contribution in [0.1, 0.15) is 6.42 Å². The van der Waals surface area contributed by atoms with Gasteiger partial charge in [0.05, 0.1) is 5.52 Å². The molecule has 2 fully saturated rings. The van der Waals surface area contributed by atoms with Crippen LogP contribution in [0.5, 0.6) is 0 Å². The molecular formula is C15H17N3. The molecule has 1 aromatic carbocycles. The maximum atomic E-state index is 4.81. The molecule has 0 spiro atoms. The Balaban J connectivity index is 1.71. The number of hydrogen-bond acceptors (Lipinski definition) is 3. The van der Waals surface area contributed by atoms with Crippen molar-refractivity contribution >= 4 is 16.7 Å². The second kappa shape index (κ2) is 3.69. The summed E-state index contributed by atoms with van der Waals surface area (Å²) in [6, 6.07) is 14.1. The monoisotopic (exact) mass is 239 g/mol. The van der Waals surface area contributed by atoms with Crippen molar-refractivity contribution in [1.82, 2.24) is 9.88 Å². The third-order valence-electron chi connectivity index (χ3n) is 4.39. The normalized spacial score (nSPS) is 27.3. The summed E-state index contributed by atoms with van der Waals surface area (Å²) in [5.74, 6) is 1.15. The molecule has 18 heavy (non-hydrogen) atoms. The van der Waals surface area contributed by atoms with E-state index in [4.69, 9.17) is 4.98 Å². The smallest absolute Gasteiger partial charge is 0.129 e. The maximum absolute atomic E-state index is 4.81. The largest absolute Gasteiger partial charge is 0.351 e. The predicted octanol–water partition coefficient (Wildman–Crippen LogP) is 2.13. The molecule has 2 bridgehead atoms. The summed E-state index contributed by atoms with van der Waals surface area (Å²) >= 11 is 0. The van der Waals surface area contributed by atoms with Gasteiger partial charge in [-0.15, -0.1) is 0 Å². The Labute approximate surface area is 107 Å². The van der Waals surface area contributed by atoms with Gasteiger partial charge in [-0.25, -0.2) is 4.98 Å². The molecule has 4 rings (SSSR count). The summed E-state index contributed by atoms with van der Waals surface area (Å²) in [5.41, 5.74) is 1.10. The first-order valence-corrected chi connectivity index (χ1v) is 6.64. The summed E-state index contributed by atoms with van der Waals surface area (Å²) < 4.78 is 0. The molecule has 0 aliphatic carbocycles. The fraction of sp³-hybridized carbons (Fsp3) is 0.400. The lowest BCUT2D eigenvalue weighted by molar-refractivity contribution is 0.292. The van der Waals surface area contributed by atoms with Crippen molar-refractivity contribution in [2.24, 2.45) is 0 Å². The van der Waals surface area contributed by atoms with Crippen LogP contribution in [0.2, 0.25) is 0 Å². The lowest BCUT2D eigenvalue weighted by atomic mass is 10.2. The van der Waals surface area contributed by atoms with Crippen LogP contribution in [0.4, 0.5) is 5.82 Å². The van der Waals surface area contributed by atoms with Crippen LogP contribution < -0.4 is 4.90 Å². The van der Waals surface area contributed by atoms with Gasteiger partial charge in [-0.1, -0.05) is 18.2 Å². The number of benzene rings is 1. The molecule has 2 aliphatic heterocycles. The Kier molecular flexibility index (Phi) is 2.12. The van der Waals surface area contributed by atoms with Gasteiger partial charge in [-0.3, -0.25) is 4.90 Å². The second-order valence-corrected chi connectivity index (χ2v) is 5.50. The van der Waals surface area contributed by atoms with Crippen LogP contribution in [-0.2, 0) is 0 Å². The zero-order chi connectivity index (χ0) is 12.1.